The minimum Gasteiger partial charge on any atom is -0.330 e. The van der Waals surface area contributed by atoms with Gasteiger partial charge in [-0.3, -0.25) is 4.79 Å². The van der Waals surface area contributed by atoms with E-state index in [1.807, 2.05) is 74.2 Å². The van der Waals surface area contributed by atoms with Crippen molar-refractivity contribution in [2.75, 3.05) is 5.75 Å². The van der Waals surface area contributed by atoms with E-state index >= 15 is 0 Å². The smallest absolute Gasteiger partial charge is 0.229 e. The molecule has 1 amide bonds. The first-order valence-corrected chi connectivity index (χ1v) is 14.9. The summed E-state index contributed by atoms with van der Waals surface area (Å²) in [7, 11) is -3.42. The SMILES string of the molecule is C=CC[C@@]1(C)C[C@H](c2cccc(Cl)c2)[C@@H](c2ccc(Cl)cc2)N([C@H](CS(=O)(=O)C(C)C)C(C)C)C1=O. The van der Waals surface area contributed by atoms with Crippen molar-refractivity contribution in [3.8, 4) is 0 Å². The van der Waals surface area contributed by atoms with Crippen molar-refractivity contribution in [3.05, 3.63) is 82.4 Å². The molecule has 1 saturated heterocycles. The van der Waals surface area contributed by atoms with Crippen molar-refractivity contribution < 1.29 is 13.2 Å². The number of hydrogen-bond acceptors (Lipinski definition) is 3. The van der Waals surface area contributed by atoms with Crippen LogP contribution in [-0.2, 0) is 14.6 Å². The number of carbonyl (C=O) groups is 1. The second-order valence-corrected chi connectivity index (χ2v) is 14.3. The van der Waals surface area contributed by atoms with E-state index in [2.05, 4.69) is 6.58 Å². The predicted octanol–water partition coefficient (Wildman–Crippen LogP) is 7.48. The van der Waals surface area contributed by atoms with Gasteiger partial charge >= 0.3 is 0 Å². The quantitative estimate of drug-likeness (QED) is 0.304. The van der Waals surface area contributed by atoms with Crippen molar-refractivity contribution >= 4 is 38.9 Å². The van der Waals surface area contributed by atoms with Gasteiger partial charge in [-0.15, -0.1) is 6.58 Å². The minimum absolute atomic E-state index is 0.0433. The van der Waals surface area contributed by atoms with Gasteiger partial charge in [-0.1, -0.05) is 74.3 Å². The van der Waals surface area contributed by atoms with Crippen LogP contribution in [0.4, 0.5) is 0 Å². The van der Waals surface area contributed by atoms with Crippen LogP contribution < -0.4 is 0 Å². The van der Waals surface area contributed by atoms with E-state index < -0.39 is 26.5 Å². The number of nitrogens with zero attached hydrogens (tertiary/aromatic N) is 1. The number of piperidine rings is 1. The molecule has 7 heteroatoms. The molecule has 0 unspecified atom stereocenters. The highest BCUT2D eigenvalue weighted by Gasteiger charge is 2.52. The van der Waals surface area contributed by atoms with E-state index in [9.17, 15) is 13.2 Å². The zero-order chi connectivity index (χ0) is 26.8. The van der Waals surface area contributed by atoms with Crippen LogP contribution in [0.3, 0.4) is 0 Å². The number of halogens is 2. The summed E-state index contributed by atoms with van der Waals surface area (Å²) in [4.78, 5) is 16.2. The van der Waals surface area contributed by atoms with E-state index in [1.165, 1.54) is 0 Å². The summed E-state index contributed by atoms with van der Waals surface area (Å²) in [6.07, 6.45) is 2.86. The van der Waals surface area contributed by atoms with Crippen LogP contribution in [0.15, 0.2) is 61.2 Å². The largest absolute Gasteiger partial charge is 0.330 e. The summed E-state index contributed by atoms with van der Waals surface area (Å²) in [5, 5.41) is 0.695. The molecule has 4 atom stereocenters. The van der Waals surface area contributed by atoms with E-state index in [4.69, 9.17) is 23.2 Å². The van der Waals surface area contributed by atoms with Gasteiger partial charge in [0.05, 0.1) is 22.5 Å². The summed E-state index contributed by atoms with van der Waals surface area (Å²) in [5.41, 5.74) is 1.21. The lowest BCUT2D eigenvalue weighted by molar-refractivity contribution is -0.155. The van der Waals surface area contributed by atoms with Crippen molar-refractivity contribution in [2.24, 2.45) is 11.3 Å². The lowest BCUT2D eigenvalue weighted by Crippen LogP contribution is -2.58. The Morgan fingerprint density at radius 3 is 2.22 bits per heavy atom. The zero-order valence-corrected chi connectivity index (χ0v) is 24.1. The molecule has 0 bridgehead atoms. The average Bonchev–Trinajstić information content (AvgIpc) is 2.80. The molecule has 0 spiro atoms. The number of sulfone groups is 1. The monoisotopic (exact) mass is 549 g/mol. The first-order valence-electron chi connectivity index (χ1n) is 12.5. The Morgan fingerprint density at radius 2 is 1.69 bits per heavy atom. The molecule has 4 nitrogen and oxygen atoms in total. The number of likely N-dealkylation sites (tertiary alicyclic amines) is 1. The van der Waals surface area contributed by atoms with E-state index in [0.717, 1.165) is 11.1 Å². The Morgan fingerprint density at radius 1 is 1.06 bits per heavy atom. The summed E-state index contributed by atoms with van der Waals surface area (Å²) >= 11 is 12.6. The van der Waals surface area contributed by atoms with Gasteiger partial charge in [0.25, 0.3) is 0 Å². The Kier molecular flexibility index (Phi) is 9.01. The number of amides is 1. The molecule has 0 radical (unpaired) electrons. The third kappa shape index (κ3) is 6.00. The fraction of sp³-hybridized carbons (Fsp3) is 0.483. The summed E-state index contributed by atoms with van der Waals surface area (Å²) in [6, 6.07) is 14.4. The Hall–Kier alpha value is -1.82. The molecule has 196 valence electrons. The molecule has 0 aliphatic carbocycles. The molecule has 0 N–H and O–H groups in total. The topological polar surface area (TPSA) is 54.5 Å². The summed E-state index contributed by atoms with van der Waals surface area (Å²) in [6.45, 7) is 13.2. The van der Waals surface area contributed by atoms with Crippen LogP contribution in [0.2, 0.25) is 10.0 Å². The maximum atomic E-state index is 14.4. The van der Waals surface area contributed by atoms with Gasteiger partial charge in [0.2, 0.25) is 5.91 Å². The normalized spacial score (nSPS) is 23.8. The minimum atomic E-state index is -3.42. The van der Waals surface area contributed by atoms with Crippen LogP contribution in [0, 0.1) is 11.3 Å². The summed E-state index contributed by atoms with van der Waals surface area (Å²) < 4.78 is 26.4. The predicted molar refractivity (Wildman–Crippen MR) is 150 cm³/mol. The van der Waals surface area contributed by atoms with Gasteiger partial charge in [0.15, 0.2) is 9.84 Å². The molecule has 3 rings (SSSR count). The Balaban J connectivity index is 2.29. The number of benzene rings is 2. The first-order chi connectivity index (χ1) is 16.8. The van der Waals surface area contributed by atoms with E-state index in [1.54, 1.807) is 19.9 Å². The van der Waals surface area contributed by atoms with Crippen LogP contribution in [0.5, 0.6) is 0 Å². The maximum absolute atomic E-state index is 14.4. The molecule has 1 aliphatic rings. The molecule has 36 heavy (non-hydrogen) atoms. The standard InChI is InChI=1S/C29H37Cl2NO3S/c1-7-15-29(6)17-25(22-9-8-10-24(31)16-22)27(21-11-13-23(30)14-12-21)32(28(29)33)26(19(2)3)18-36(34,35)20(4)5/h7-14,16,19-20,25-27H,1,15,17-18H2,2-6H3/t25-,26-,27-,29+/m1/s1. The van der Waals surface area contributed by atoms with Gasteiger partial charge in [0.1, 0.15) is 0 Å². The van der Waals surface area contributed by atoms with E-state index in [0.29, 0.717) is 22.9 Å². The number of hydrogen-bond donors (Lipinski definition) is 0. The van der Waals surface area contributed by atoms with Crippen LogP contribution >= 0.6 is 23.2 Å². The Labute approximate surface area is 226 Å². The molecule has 2 aromatic rings. The number of allylic oxidation sites excluding steroid dienone is 1. The third-order valence-corrected chi connectivity index (χ3v) is 10.2. The highest BCUT2D eigenvalue weighted by atomic mass is 35.5. The van der Waals surface area contributed by atoms with Crippen molar-refractivity contribution in [2.45, 2.75) is 70.7 Å². The highest BCUT2D eigenvalue weighted by Crippen LogP contribution is 2.52. The molecule has 0 aromatic heterocycles. The third-order valence-electron chi connectivity index (χ3n) is 7.43. The van der Waals surface area contributed by atoms with Gasteiger partial charge in [-0.05, 0) is 68.0 Å². The molecule has 0 saturated carbocycles. The maximum Gasteiger partial charge on any atom is 0.229 e. The van der Waals surface area contributed by atoms with Crippen LogP contribution in [0.25, 0.3) is 0 Å². The average molecular weight is 551 g/mol. The van der Waals surface area contributed by atoms with Crippen molar-refractivity contribution in [3.63, 3.8) is 0 Å². The molecule has 1 heterocycles. The van der Waals surface area contributed by atoms with E-state index in [-0.39, 0.29) is 29.5 Å². The first kappa shape index (κ1) is 28.7. The molecule has 1 fully saturated rings. The van der Waals surface area contributed by atoms with Gasteiger partial charge in [-0.25, -0.2) is 8.42 Å². The molecule has 1 aliphatic heterocycles. The number of carbonyl (C=O) groups excluding carboxylic acids is 1. The van der Waals surface area contributed by atoms with Crippen LogP contribution in [-0.4, -0.2) is 36.3 Å². The molecular weight excluding hydrogens is 513 g/mol. The lowest BCUT2D eigenvalue weighted by atomic mass is 9.67. The highest BCUT2D eigenvalue weighted by molar-refractivity contribution is 7.92. The van der Waals surface area contributed by atoms with Crippen molar-refractivity contribution in [1.82, 2.24) is 4.90 Å². The zero-order valence-electron chi connectivity index (χ0n) is 21.7. The second-order valence-electron chi connectivity index (χ2n) is 10.8. The second kappa shape index (κ2) is 11.3. The fourth-order valence-corrected chi connectivity index (χ4v) is 7.01. The molecule has 2 aromatic carbocycles. The van der Waals surface area contributed by atoms with Crippen LogP contribution in [0.1, 0.15) is 70.5 Å². The van der Waals surface area contributed by atoms with Gasteiger partial charge in [0, 0.05) is 22.0 Å². The van der Waals surface area contributed by atoms with Gasteiger partial charge in [-0.2, -0.15) is 0 Å². The number of rotatable bonds is 9. The molecular formula is C29H37Cl2NO3S. The van der Waals surface area contributed by atoms with Crippen molar-refractivity contribution in [1.29, 1.82) is 0 Å². The van der Waals surface area contributed by atoms with Gasteiger partial charge < -0.3 is 4.90 Å². The fourth-order valence-electron chi connectivity index (χ4n) is 5.28. The Bertz CT molecular complexity index is 1190. The summed E-state index contributed by atoms with van der Waals surface area (Å²) in [5.74, 6) is -0.317. The lowest BCUT2D eigenvalue weighted by Gasteiger charge is -2.53.